The number of hydrogen-bond donors (Lipinski definition) is 2. The number of thioether (sulfide) groups is 1. The molecular formula is C13H19FN2O2S2. The third kappa shape index (κ3) is 3.94. The highest BCUT2D eigenvalue weighted by Gasteiger charge is 2.23. The third-order valence-electron chi connectivity index (χ3n) is 3.15. The Balaban J connectivity index is 1.98. The van der Waals surface area contributed by atoms with Crippen molar-refractivity contribution >= 4 is 21.8 Å². The van der Waals surface area contributed by atoms with Crippen molar-refractivity contribution in [3.05, 3.63) is 29.6 Å². The number of halogens is 1. The van der Waals surface area contributed by atoms with Gasteiger partial charge in [-0.2, -0.15) is 0 Å². The minimum absolute atomic E-state index is 0.0266. The molecule has 0 spiro atoms. The quantitative estimate of drug-likeness (QED) is 0.841. The Bertz CT molecular complexity index is 563. The predicted octanol–water partition coefficient (Wildman–Crippen LogP) is 1.89. The Morgan fingerprint density at radius 3 is 3.00 bits per heavy atom. The minimum Gasteiger partial charge on any atom is -0.309 e. The summed E-state index contributed by atoms with van der Waals surface area (Å²) >= 11 is 1.52. The van der Waals surface area contributed by atoms with Gasteiger partial charge in [-0.15, -0.1) is 11.8 Å². The molecular weight excluding hydrogens is 299 g/mol. The average Bonchev–Trinajstić information content (AvgIpc) is 2.39. The van der Waals surface area contributed by atoms with Crippen molar-refractivity contribution < 1.29 is 12.8 Å². The highest BCUT2D eigenvalue weighted by Crippen LogP contribution is 2.37. The third-order valence-corrected chi connectivity index (χ3v) is 5.78. The zero-order valence-corrected chi connectivity index (χ0v) is 13.0. The molecule has 1 aliphatic rings. The number of rotatable bonds is 6. The van der Waals surface area contributed by atoms with Crippen molar-refractivity contribution in [2.24, 2.45) is 0 Å². The summed E-state index contributed by atoms with van der Waals surface area (Å²) in [6.07, 6.45) is 0.877. The van der Waals surface area contributed by atoms with Crippen LogP contribution in [0.25, 0.3) is 0 Å². The molecule has 1 heterocycles. The molecule has 0 aliphatic carbocycles. The average molecular weight is 318 g/mol. The largest absolute Gasteiger partial charge is 0.309 e. The van der Waals surface area contributed by atoms with Crippen molar-refractivity contribution in [3.63, 3.8) is 0 Å². The molecule has 112 valence electrons. The molecule has 20 heavy (non-hydrogen) atoms. The molecule has 1 atom stereocenters. The Hall–Kier alpha value is -0.630. The first-order valence-electron chi connectivity index (χ1n) is 6.65. The first-order chi connectivity index (χ1) is 9.53. The van der Waals surface area contributed by atoms with Gasteiger partial charge in [0, 0.05) is 24.0 Å². The Labute approximate surface area is 123 Å². The molecule has 4 nitrogen and oxygen atoms in total. The van der Waals surface area contributed by atoms with E-state index in [1.807, 2.05) is 6.07 Å². The lowest BCUT2D eigenvalue weighted by Crippen LogP contribution is -2.34. The molecule has 1 aliphatic heterocycles. The van der Waals surface area contributed by atoms with Crippen LogP contribution in [0.3, 0.4) is 0 Å². The van der Waals surface area contributed by atoms with Crippen LogP contribution in [0.1, 0.15) is 24.9 Å². The monoisotopic (exact) mass is 318 g/mol. The summed E-state index contributed by atoms with van der Waals surface area (Å²) in [6, 6.07) is 5.09. The van der Waals surface area contributed by atoms with Crippen LogP contribution in [-0.4, -0.2) is 33.0 Å². The van der Waals surface area contributed by atoms with Gasteiger partial charge in [0.05, 0.1) is 5.75 Å². The van der Waals surface area contributed by atoms with Gasteiger partial charge in [-0.05, 0) is 23.8 Å². The summed E-state index contributed by atoms with van der Waals surface area (Å²) in [4.78, 5) is 0.686. The number of nitrogens with one attached hydrogen (secondary N) is 2. The lowest BCUT2D eigenvalue weighted by molar-refractivity contribution is 0.506. The van der Waals surface area contributed by atoms with E-state index >= 15 is 0 Å². The first-order valence-corrected chi connectivity index (χ1v) is 9.29. The zero-order valence-electron chi connectivity index (χ0n) is 11.4. The summed E-state index contributed by atoms with van der Waals surface area (Å²) in [6.45, 7) is 2.51. The van der Waals surface area contributed by atoms with Gasteiger partial charge in [-0.1, -0.05) is 19.1 Å². The van der Waals surface area contributed by atoms with E-state index < -0.39 is 10.0 Å². The number of benzene rings is 1. The molecule has 1 aromatic rings. The van der Waals surface area contributed by atoms with Gasteiger partial charge in [0.15, 0.2) is 0 Å². The Morgan fingerprint density at radius 1 is 1.45 bits per heavy atom. The fraction of sp³-hybridized carbons (Fsp3) is 0.538. The van der Waals surface area contributed by atoms with E-state index in [0.29, 0.717) is 18.0 Å². The van der Waals surface area contributed by atoms with Gasteiger partial charge in [0.25, 0.3) is 0 Å². The first kappa shape index (κ1) is 15.8. The minimum atomic E-state index is -3.21. The van der Waals surface area contributed by atoms with Crippen molar-refractivity contribution in [3.8, 4) is 0 Å². The maximum Gasteiger partial charge on any atom is 0.212 e. The predicted molar refractivity (Wildman–Crippen MR) is 79.9 cm³/mol. The van der Waals surface area contributed by atoms with Gasteiger partial charge in [0.1, 0.15) is 5.82 Å². The molecule has 1 unspecified atom stereocenters. The molecule has 2 N–H and O–H groups in total. The van der Waals surface area contributed by atoms with Gasteiger partial charge in [-0.25, -0.2) is 17.5 Å². The summed E-state index contributed by atoms with van der Waals surface area (Å²) in [5.41, 5.74) is 0.932. The van der Waals surface area contributed by atoms with E-state index in [9.17, 15) is 12.8 Å². The summed E-state index contributed by atoms with van der Waals surface area (Å²) in [7, 11) is -3.21. The second-order valence-corrected chi connectivity index (χ2v) is 7.65. The van der Waals surface area contributed by atoms with Gasteiger partial charge >= 0.3 is 0 Å². The second-order valence-electron chi connectivity index (χ2n) is 4.62. The van der Waals surface area contributed by atoms with E-state index in [0.717, 1.165) is 17.7 Å². The molecule has 2 rings (SSSR count). The van der Waals surface area contributed by atoms with Crippen LogP contribution < -0.4 is 10.0 Å². The Kier molecular flexibility index (Phi) is 5.42. The summed E-state index contributed by atoms with van der Waals surface area (Å²) in [5, 5.41) is 3.22. The SMILES string of the molecule is CCNS(=O)(=O)CCNC1CCSc2c(F)cccc21. The Morgan fingerprint density at radius 2 is 2.25 bits per heavy atom. The van der Waals surface area contributed by atoms with Crippen LogP contribution in [0.4, 0.5) is 4.39 Å². The molecule has 0 bridgehead atoms. The zero-order chi connectivity index (χ0) is 14.6. The van der Waals surface area contributed by atoms with Crippen LogP contribution in [0, 0.1) is 5.82 Å². The van der Waals surface area contributed by atoms with Crippen molar-refractivity contribution in [2.45, 2.75) is 24.3 Å². The normalized spacial score (nSPS) is 18.8. The van der Waals surface area contributed by atoms with Crippen LogP contribution in [0.5, 0.6) is 0 Å². The summed E-state index contributed by atoms with van der Waals surface area (Å²) in [5.74, 6) is 0.681. The van der Waals surface area contributed by atoms with Gasteiger partial charge in [0.2, 0.25) is 10.0 Å². The van der Waals surface area contributed by atoms with Crippen LogP contribution in [0.2, 0.25) is 0 Å². The molecule has 7 heteroatoms. The van der Waals surface area contributed by atoms with Crippen LogP contribution >= 0.6 is 11.8 Å². The molecule has 0 amide bonds. The van der Waals surface area contributed by atoms with E-state index in [1.165, 1.54) is 17.8 Å². The van der Waals surface area contributed by atoms with Crippen LogP contribution in [-0.2, 0) is 10.0 Å². The molecule has 0 radical (unpaired) electrons. The number of fused-ring (bicyclic) bond motifs is 1. The van der Waals surface area contributed by atoms with E-state index in [1.54, 1.807) is 13.0 Å². The smallest absolute Gasteiger partial charge is 0.212 e. The fourth-order valence-corrected chi connectivity index (χ4v) is 4.37. The summed E-state index contributed by atoms with van der Waals surface area (Å²) < 4.78 is 39.3. The highest BCUT2D eigenvalue weighted by molar-refractivity contribution is 7.99. The second kappa shape index (κ2) is 6.89. The number of hydrogen-bond acceptors (Lipinski definition) is 4. The fourth-order valence-electron chi connectivity index (χ4n) is 2.26. The molecule has 0 fully saturated rings. The molecule has 0 aromatic heterocycles. The maximum absolute atomic E-state index is 13.7. The lowest BCUT2D eigenvalue weighted by atomic mass is 10.0. The van der Waals surface area contributed by atoms with Crippen molar-refractivity contribution in [1.82, 2.24) is 10.0 Å². The molecule has 1 aromatic carbocycles. The standard InChI is InChI=1S/C13H19FN2O2S2/c1-2-16-20(17,18)9-7-15-12-6-8-19-13-10(12)4-3-5-11(13)14/h3-5,12,15-16H,2,6-9H2,1H3. The number of sulfonamides is 1. The topological polar surface area (TPSA) is 58.2 Å². The van der Waals surface area contributed by atoms with Gasteiger partial charge < -0.3 is 5.32 Å². The van der Waals surface area contributed by atoms with E-state index in [2.05, 4.69) is 10.0 Å². The molecule has 0 saturated heterocycles. The van der Waals surface area contributed by atoms with Crippen molar-refractivity contribution in [2.75, 3.05) is 24.6 Å². The molecule has 0 saturated carbocycles. The highest BCUT2D eigenvalue weighted by atomic mass is 32.2. The maximum atomic E-state index is 13.7. The van der Waals surface area contributed by atoms with E-state index in [4.69, 9.17) is 0 Å². The van der Waals surface area contributed by atoms with Crippen molar-refractivity contribution in [1.29, 1.82) is 0 Å². The van der Waals surface area contributed by atoms with Gasteiger partial charge in [-0.3, -0.25) is 0 Å². The van der Waals surface area contributed by atoms with E-state index in [-0.39, 0.29) is 17.6 Å². The van der Waals surface area contributed by atoms with Crippen LogP contribution in [0.15, 0.2) is 23.1 Å². The lowest BCUT2D eigenvalue weighted by Gasteiger charge is -2.26.